The first-order valence-electron chi connectivity index (χ1n) is 4.24. The van der Waals surface area contributed by atoms with Crippen LogP contribution >= 0.6 is 8.37 Å². The minimum absolute atomic E-state index is 0.116. The monoisotopic (exact) mass is 173 g/mol. The zero-order chi connectivity index (χ0) is 8.01. The summed E-state index contributed by atoms with van der Waals surface area (Å²) >= 11 is 0. The Morgan fingerprint density at radius 2 is 1.55 bits per heavy atom. The van der Waals surface area contributed by atoms with E-state index in [1.165, 1.54) is 13.1 Å². The predicted molar refractivity (Wildman–Crippen MR) is 48.3 cm³/mol. The average molecular weight is 173 g/mol. The summed E-state index contributed by atoms with van der Waals surface area (Å²) in [5.74, 6) is 0. The van der Waals surface area contributed by atoms with Crippen molar-refractivity contribution in [3.05, 3.63) is 0 Å². The number of hydrogen-bond acceptors (Lipinski definition) is 3. The molecule has 0 bridgehead atoms. The van der Waals surface area contributed by atoms with Gasteiger partial charge in [0.2, 0.25) is 0 Å². The second-order valence-corrected chi connectivity index (χ2v) is 5.51. The summed E-state index contributed by atoms with van der Waals surface area (Å²) in [6, 6.07) is 1.64. The quantitative estimate of drug-likeness (QED) is 0.504. The summed E-state index contributed by atoms with van der Waals surface area (Å²) in [5, 5.41) is 3.40. The topological polar surface area (TPSA) is 18.0 Å². The molecule has 64 valence electrons. The number of rotatable bonds is 3. The van der Waals surface area contributed by atoms with E-state index in [9.17, 15) is 0 Å². The van der Waals surface area contributed by atoms with Crippen molar-refractivity contribution in [1.82, 2.24) is 14.4 Å². The molecule has 0 aliphatic carbocycles. The molecule has 1 N–H and O–H groups in total. The van der Waals surface area contributed by atoms with Crippen molar-refractivity contribution in [1.29, 1.82) is 0 Å². The van der Waals surface area contributed by atoms with Gasteiger partial charge >= 0.3 is 0 Å². The molecule has 4 atom stereocenters. The van der Waals surface area contributed by atoms with E-state index in [-0.39, 0.29) is 8.37 Å². The maximum Gasteiger partial charge on any atom is 0.117 e. The summed E-state index contributed by atoms with van der Waals surface area (Å²) in [6.45, 7) is 7.16. The van der Waals surface area contributed by atoms with Crippen LogP contribution in [0.25, 0.3) is 0 Å². The molecule has 2 fully saturated rings. The van der Waals surface area contributed by atoms with Gasteiger partial charge in [-0.15, -0.1) is 0 Å². The molecule has 0 radical (unpaired) electrons. The lowest BCUT2D eigenvalue weighted by Gasteiger charge is -2.18. The molecule has 3 nitrogen and oxygen atoms in total. The maximum atomic E-state index is 3.40. The van der Waals surface area contributed by atoms with Crippen LogP contribution in [0.3, 0.4) is 0 Å². The van der Waals surface area contributed by atoms with Crippen LogP contribution in [0.1, 0.15) is 13.8 Å². The van der Waals surface area contributed by atoms with Gasteiger partial charge in [-0.2, -0.15) is 0 Å². The fraction of sp³-hybridized carbons (Fsp3) is 1.00. The van der Waals surface area contributed by atoms with Crippen molar-refractivity contribution in [3.8, 4) is 0 Å². The van der Waals surface area contributed by atoms with E-state index in [1.54, 1.807) is 0 Å². The standard InChI is InChI=1S/C7H16N3P/c1-6-4-9(6)11(8-3)10-5-7(10)2/h6-8H,4-5H2,1-3H3. The van der Waals surface area contributed by atoms with Crippen LogP contribution in [-0.4, -0.2) is 41.6 Å². The molecule has 0 spiro atoms. The molecule has 2 aliphatic heterocycles. The van der Waals surface area contributed by atoms with Crippen LogP contribution in [0.15, 0.2) is 0 Å². The third-order valence-corrected chi connectivity index (χ3v) is 4.83. The molecule has 0 aromatic rings. The van der Waals surface area contributed by atoms with Crippen LogP contribution in [0.2, 0.25) is 0 Å². The predicted octanol–water partition coefficient (Wildman–Crippen LogP) is 0.841. The summed E-state index contributed by atoms with van der Waals surface area (Å²) in [5.41, 5.74) is 0. The normalized spacial score (nSPS) is 50.5. The lowest BCUT2D eigenvalue weighted by Crippen LogP contribution is -2.13. The van der Waals surface area contributed by atoms with E-state index >= 15 is 0 Å². The Morgan fingerprint density at radius 1 is 1.18 bits per heavy atom. The van der Waals surface area contributed by atoms with Crippen molar-refractivity contribution in [2.45, 2.75) is 25.9 Å². The highest BCUT2D eigenvalue weighted by atomic mass is 31.1. The highest BCUT2D eigenvalue weighted by Gasteiger charge is 2.46. The molecule has 4 heteroatoms. The highest BCUT2D eigenvalue weighted by Crippen LogP contribution is 2.53. The number of nitrogens with zero attached hydrogens (tertiary/aromatic N) is 2. The summed E-state index contributed by atoms with van der Waals surface area (Å²) in [7, 11) is 1.95. The molecule has 0 amide bonds. The molecule has 2 saturated heterocycles. The van der Waals surface area contributed by atoms with Crippen LogP contribution in [0.5, 0.6) is 0 Å². The van der Waals surface area contributed by atoms with E-state index in [4.69, 9.17) is 0 Å². The fourth-order valence-corrected chi connectivity index (χ4v) is 3.72. The van der Waals surface area contributed by atoms with Gasteiger partial charge in [-0.05, 0) is 20.9 Å². The molecule has 2 aliphatic rings. The van der Waals surface area contributed by atoms with Gasteiger partial charge in [-0.25, -0.2) is 0 Å². The zero-order valence-corrected chi connectivity index (χ0v) is 8.30. The Bertz CT molecular complexity index is 148. The van der Waals surface area contributed by atoms with Crippen LogP contribution < -0.4 is 5.09 Å². The Balaban J connectivity index is 1.87. The Kier molecular flexibility index (Phi) is 1.92. The molecule has 11 heavy (non-hydrogen) atoms. The minimum atomic E-state index is -0.116. The maximum absolute atomic E-state index is 3.40. The molecule has 2 rings (SSSR count). The number of nitrogens with one attached hydrogen (secondary N) is 1. The highest BCUT2D eigenvalue weighted by molar-refractivity contribution is 7.51. The van der Waals surface area contributed by atoms with Gasteiger partial charge in [0.1, 0.15) is 8.37 Å². The van der Waals surface area contributed by atoms with Crippen molar-refractivity contribution in [2.75, 3.05) is 20.1 Å². The minimum Gasteiger partial charge on any atom is -0.274 e. The summed E-state index contributed by atoms with van der Waals surface area (Å²) in [4.78, 5) is 0. The second-order valence-electron chi connectivity index (χ2n) is 3.46. The molecule has 0 aromatic heterocycles. The Hall–Kier alpha value is 0.310. The van der Waals surface area contributed by atoms with Crippen molar-refractivity contribution < 1.29 is 0 Å². The summed E-state index contributed by atoms with van der Waals surface area (Å²) < 4.78 is 5.08. The first kappa shape index (κ1) is 7.93. The average Bonchev–Trinajstić information content (AvgIpc) is 2.80. The molecule has 0 aromatic carbocycles. The lowest BCUT2D eigenvalue weighted by molar-refractivity contribution is 0.702. The molecule has 4 unspecified atom stereocenters. The Morgan fingerprint density at radius 3 is 1.73 bits per heavy atom. The van der Waals surface area contributed by atoms with Crippen molar-refractivity contribution in [2.24, 2.45) is 0 Å². The number of hydrogen-bond donors (Lipinski definition) is 1. The first-order chi connectivity index (χ1) is 5.24. The van der Waals surface area contributed by atoms with Gasteiger partial charge in [-0.3, -0.25) is 14.4 Å². The SMILES string of the molecule is CNP(N1CC1C)N1CC1C. The van der Waals surface area contributed by atoms with E-state index in [2.05, 4.69) is 35.3 Å². The third kappa shape index (κ3) is 1.43. The van der Waals surface area contributed by atoms with Crippen molar-refractivity contribution >= 4 is 8.37 Å². The van der Waals surface area contributed by atoms with Gasteiger partial charge < -0.3 is 0 Å². The van der Waals surface area contributed by atoms with Gasteiger partial charge in [0.15, 0.2) is 0 Å². The van der Waals surface area contributed by atoms with Gasteiger partial charge in [-0.1, -0.05) is 0 Å². The largest absolute Gasteiger partial charge is 0.274 e. The summed E-state index contributed by atoms with van der Waals surface area (Å²) in [6.07, 6.45) is 0. The van der Waals surface area contributed by atoms with Crippen molar-refractivity contribution in [3.63, 3.8) is 0 Å². The second kappa shape index (κ2) is 2.67. The molecule has 2 heterocycles. The van der Waals surface area contributed by atoms with Crippen LogP contribution in [-0.2, 0) is 0 Å². The zero-order valence-electron chi connectivity index (χ0n) is 7.41. The van der Waals surface area contributed by atoms with Gasteiger partial charge in [0, 0.05) is 25.2 Å². The van der Waals surface area contributed by atoms with E-state index in [0.29, 0.717) is 0 Å². The molecule has 0 saturated carbocycles. The van der Waals surface area contributed by atoms with E-state index < -0.39 is 0 Å². The van der Waals surface area contributed by atoms with Crippen LogP contribution in [0, 0.1) is 0 Å². The van der Waals surface area contributed by atoms with Gasteiger partial charge in [0.25, 0.3) is 0 Å². The molecular weight excluding hydrogens is 157 g/mol. The van der Waals surface area contributed by atoms with E-state index in [0.717, 1.165) is 12.1 Å². The molecular formula is C7H16N3P. The third-order valence-electron chi connectivity index (χ3n) is 2.34. The smallest absolute Gasteiger partial charge is 0.117 e. The first-order valence-corrected chi connectivity index (χ1v) is 5.49. The van der Waals surface area contributed by atoms with Crippen LogP contribution in [0.4, 0.5) is 0 Å². The van der Waals surface area contributed by atoms with Gasteiger partial charge in [0.05, 0.1) is 0 Å². The van der Waals surface area contributed by atoms with E-state index in [1.807, 2.05) is 0 Å². The lowest BCUT2D eigenvalue weighted by atomic mass is 10.6. The fourth-order valence-electron chi connectivity index (χ4n) is 1.38. The Labute approximate surface area is 69.7 Å².